The molecule has 0 amide bonds. The van der Waals surface area contributed by atoms with Crippen molar-refractivity contribution in [2.75, 3.05) is 6.61 Å². The maximum absolute atomic E-state index is 8.69. The molecule has 1 aliphatic rings. The maximum Gasteiger partial charge on any atom is 0.139 e. The molecule has 3 rings (SSSR count). The summed E-state index contributed by atoms with van der Waals surface area (Å²) < 4.78 is 6.95. The number of fused-ring (bicyclic) bond motifs is 1. The third-order valence-electron chi connectivity index (χ3n) is 4.00. The molecule has 0 atom stereocenters. The topological polar surface area (TPSA) is 67.8 Å². The third kappa shape index (κ3) is 2.97. The normalized spacial score (nSPS) is 16.9. The minimum atomic E-state index is 0.0292. The zero-order valence-electron chi connectivity index (χ0n) is 11.6. The van der Waals surface area contributed by atoms with Crippen LogP contribution in [0, 0.1) is 5.41 Å². The molecule has 4 nitrogen and oxygen atoms in total. The second kappa shape index (κ2) is 5.56. The molecular weight excluding hydrogens is 332 g/mol. The van der Waals surface area contributed by atoms with Crippen molar-refractivity contribution in [1.82, 2.24) is 0 Å². The highest BCUT2D eigenvalue weighted by molar-refractivity contribution is 9.10. The Kier molecular flexibility index (Phi) is 3.76. The fraction of sp³-hybridized carbons (Fsp3) is 0.312. The van der Waals surface area contributed by atoms with Crippen LogP contribution in [0.2, 0.25) is 0 Å². The first-order valence-electron chi connectivity index (χ1n) is 6.90. The van der Waals surface area contributed by atoms with Crippen molar-refractivity contribution < 1.29 is 9.94 Å². The quantitative estimate of drug-likeness (QED) is 0.372. The molecule has 0 heterocycles. The fourth-order valence-electron chi connectivity index (χ4n) is 2.52. The average molecular weight is 349 g/mol. The van der Waals surface area contributed by atoms with Gasteiger partial charge in [0.1, 0.15) is 11.6 Å². The lowest BCUT2D eigenvalue weighted by molar-refractivity contribution is 0.235. The highest BCUT2D eigenvalue weighted by Gasteiger charge is 2.44. The molecule has 0 bridgehead atoms. The number of ether oxygens (including phenoxy) is 1. The second-order valence-electron chi connectivity index (χ2n) is 5.66. The Morgan fingerprint density at radius 3 is 2.76 bits per heavy atom. The van der Waals surface area contributed by atoms with E-state index in [1.54, 1.807) is 0 Å². The number of hydrogen-bond acceptors (Lipinski definition) is 3. The van der Waals surface area contributed by atoms with Crippen molar-refractivity contribution in [3.8, 4) is 5.75 Å². The van der Waals surface area contributed by atoms with Crippen molar-refractivity contribution in [3.05, 3.63) is 40.9 Å². The molecule has 0 aliphatic heterocycles. The van der Waals surface area contributed by atoms with Crippen molar-refractivity contribution in [1.29, 1.82) is 0 Å². The summed E-state index contributed by atoms with van der Waals surface area (Å²) in [4.78, 5) is 0. The van der Waals surface area contributed by atoms with E-state index in [1.807, 2.05) is 18.2 Å². The molecule has 0 unspecified atom stereocenters. The Hall–Kier alpha value is -1.75. The number of nitrogens with zero attached hydrogens (tertiary/aromatic N) is 1. The highest BCUT2D eigenvalue weighted by Crippen LogP contribution is 2.49. The lowest BCUT2D eigenvalue weighted by atomic mass is 10.0. The Bertz CT molecular complexity index is 696. The van der Waals surface area contributed by atoms with E-state index in [2.05, 4.69) is 39.3 Å². The molecule has 0 saturated heterocycles. The van der Waals surface area contributed by atoms with Crippen LogP contribution in [0.3, 0.4) is 0 Å². The highest BCUT2D eigenvalue weighted by atomic mass is 79.9. The van der Waals surface area contributed by atoms with E-state index in [4.69, 9.17) is 15.7 Å². The predicted molar refractivity (Wildman–Crippen MR) is 86.8 cm³/mol. The van der Waals surface area contributed by atoms with Gasteiger partial charge in [-0.25, -0.2) is 0 Å². The largest absolute Gasteiger partial charge is 0.492 e. The Morgan fingerprint density at radius 1 is 1.29 bits per heavy atom. The number of halogens is 1. The molecule has 1 saturated carbocycles. The maximum atomic E-state index is 8.69. The van der Waals surface area contributed by atoms with E-state index in [9.17, 15) is 0 Å². The molecule has 5 heteroatoms. The lowest BCUT2D eigenvalue weighted by Gasteiger charge is -2.17. The van der Waals surface area contributed by atoms with Gasteiger partial charge in [-0.1, -0.05) is 35.5 Å². The summed E-state index contributed by atoms with van der Waals surface area (Å²) in [6, 6.07) is 12.2. The van der Waals surface area contributed by atoms with Crippen molar-refractivity contribution >= 4 is 32.5 Å². The SMILES string of the molecule is NC(CC1(COc2ccc3ccccc3c2Br)CC1)=NO. The van der Waals surface area contributed by atoms with Gasteiger partial charge < -0.3 is 15.7 Å². The van der Waals surface area contributed by atoms with Gasteiger partial charge in [0.05, 0.1) is 11.1 Å². The zero-order valence-corrected chi connectivity index (χ0v) is 13.1. The Balaban J connectivity index is 1.75. The third-order valence-corrected chi connectivity index (χ3v) is 4.82. The van der Waals surface area contributed by atoms with Gasteiger partial charge in [-0.2, -0.15) is 0 Å². The molecule has 1 aliphatic carbocycles. The monoisotopic (exact) mass is 348 g/mol. The van der Waals surface area contributed by atoms with Gasteiger partial charge in [0, 0.05) is 11.8 Å². The van der Waals surface area contributed by atoms with Crippen LogP contribution in [0.4, 0.5) is 0 Å². The first-order valence-corrected chi connectivity index (χ1v) is 7.69. The van der Waals surface area contributed by atoms with Gasteiger partial charge in [0.15, 0.2) is 0 Å². The van der Waals surface area contributed by atoms with Crippen LogP contribution in [0.15, 0.2) is 46.0 Å². The molecule has 1 fully saturated rings. The summed E-state index contributed by atoms with van der Waals surface area (Å²) in [5.41, 5.74) is 5.64. The molecule has 2 aromatic rings. The van der Waals surface area contributed by atoms with Gasteiger partial charge in [-0.3, -0.25) is 0 Å². The summed E-state index contributed by atoms with van der Waals surface area (Å²) in [5.74, 6) is 1.10. The summed E-state index contributed by atoms with van der Waals surface area (Å²) >= 11 is 3.62. The van der Waals surface area contributed by atoms with E-state index >= 15 is 0 Å². The van der Waals surface area contributed by atoms with Crippen molar-refractivity contribution in [2.24, 2.45) is 16.3 Å². The van der Waals surface area contributed by atoms with Gasteiger partial charge >= 0.3 is 0 Å². The van der Waals surface area contributed by atoms with Crippen LogP contribution in [0.25, 0.3) is 10.8 Å². The van der Waals surface area contributed by atoms with E-state index in [-0.39, 0.29) is 11.3 Å². The standard InChI is InChI=1S/C16H17BrN2O2/c17-15-12-4-2-1-3-11(12)5-6-13(15)21-10-16(7-8-16)9-14(18)19-20/h1-6,20H,7-10H2,(H2,18,19). The molecule has 0 aromatic heterocycles. The molecule has 0 spiro atoms. The van der Waals surface area contributed by atoms with Gasteiger partial charge in [0.2, 0.25) is 0 Å². The molecule has 3 N–H and O–H groups in total. The fourth-order valence-corrected chi connectivity index (χ4v) is 3.13. The number of rotatable bonds is 5. The minimum Gasteiger partial charge on any atom is -0.492 e. The molecular formula is C16H17BrN2O2. The molecule has 21 heavy (non-hydrogen) atoms. The van der Waals surface area contributed by atoms with Gasteiger partial charge in [-0.05, 0) is 45.6 Å². The number of hydrogen-bond donors (Lipinski definition) is 2. The van der Waals surface area contributed by atoms with E-state index in [1.165, 1.54) is 5.39 Å². The number of nitrogens with two attached hydrogens (primary N) is 1. The van der Waals surface area contributed by atoms with Crippen molar-refractivity contribution in [2.45, 2.75) is 19.3 Å². The summed E-state index contributed by atoms with van der Waals surface area (Å²) in [6.07, 6.45) is 2.68. The minimum absolute atomic E-state index is 0.0292. The van der Waals surface area contributed by atoms with E-state index in [0.717, 1.165) is 28.5 Å². The van der Waals surface area contributed by atoms with E-state index in [0.29, 0.717) is 13.0 Å². The van der Waals surface area contributed by atoms with E-state index < -0.39 is 0 Å². The number of oxime groups is 1. The van der Waals surface area contributed by atoms with Crippen LogP contribution in [0.1, 0.15) is 19.3 Å². The molecule has 110 valence electrons. The molecule has 2 aromatic carbocycles. The predicted octanol–water partition coefficient (Wildman–Crippen LogP) is 3.90. The first-order chi connectivity index (χ1) is 10.1. The summed E-state index contributed by atoms with van der Waals surface area (Å²) in [6.45, 7) is 0.583. The zero-order chi connectivity index (χ0) is 14.9. The molecule has 0 radical (unpaired) electrons. The Labute approximate surface area is 131 Å². The second-order valence-corrected chi connectivity index (χ2v) is 6.45. The van der Waals surface area contributed by atoms with Gasteiger partial charge in [0.25, 0.3) is 0 Å². The van der Waals surface area contributed by atoms with Gasteiger partial charge in [-0.15, -0.1) is 0 Å². The van der Waals surface area contributed by atoms with Crippen LogP contribution in [0.5, 0.6) is 5.75 Å². The Morgan fingerprint density at radius 2 is 2.05 bits per heavy atom. The number of amidine groups is 1. The number of benzene rings is 2. The first kappa shape index (κ1) is 14.2. The van der Waals surface area contributed by atoms with Crippen LogP contribution >= 0.6 is 15.9 Å². The van der Waals surface area contributed by atoms with Crippen LogP contribution < -0.4 is 10.5 Å². The lowest BCUT2D eigenvalue weighted by Crippen LogP contribution is -2.22. The van der Waals surface area contributed by atoms with Crippen LogP contribution in [-0.4, -0.2) is 17.6 Å². The summed E-state index contributed by atoms with van der Waals surface area (Å²) in [5, 5.41) is 14.1. The average Bonchev–Trinajstić information content (AvgIpc) is 3.26. The summed E-state index contributed by atoms with van der Waals surface area (Å²) in [7, 11) is 0. The smallest absolute Gasteiger partial charge is 0.139 e. The van der Waals surface area contributed by atoms with Crippen molar-refractivity contribution in [3.63, 3.8) is 0 Å². The van der Waals surface area contributed by atoms with Crippen LogP contribution in [-0.2, 0) is 0 Å².